The molecular weight excluding hydrogens is 1090 g/mol. The zero-order chi connectivity index (χ0) is 57.7. The number of ether oxygens (including phenoxy) is 2. The summed E-state index contributed by atoms with van der Waals surface area (Å²) in [7, 11) is 5.86. The summed E-state index contributed by atoms with van der Waals surface area (Å²) in [6, 6.07) is 14.1. The van der Waals surface area contributed by atoms with Gasteiger partial charge < -0.3 is 82.6 Å². The minimum atomic E-state index is -0.515. The summed E-state index contributed by atoms with van der Waals surface area (Å²) < 4.78 is 10.1. The van der Waals surface area contributed by atoms with E-state index in [4.69, 9.17) is 59.8 Å². The fourth-order valence-corrected chi connectivity index (χ4v) is 7.38. The van der Waals surface area contributed by atoms with Crippen LogP contribution in [0.3, 0.4) is 0 Å². The smallest absolute Gasteiger partial charge is 0.406 e. The number of urea groups is 3. The number of fused-ring (bicyclic) bond motifs is 4. The molecule has 424 valence electrons. The minimum absolute atomic E-state index is 0.0204. The van der Waals surface area contributed by atoms with Crippen LogP contribution in [-0.2, 0) is 4.74 Å². The molecule has 0 aliphatic heterocycles. The number of rotatable bonds is 16. The van der Waals surface area contributed by atoms with Gasteiger partial charge in [0.25, 0.3) is 0 Å². The largest absolute Gasteiger partial charge is 0.475 e. The number of pyridine rings is 2. The zero-order valence-corrected chi connectivity index (χ0v) is 46.0. The number of halogens is 3. The number of aliphatic hydroxyl groups is 3. The number of hydrogen-bond acceptors (Lipinski definition) is 19. The Labute approximate surface area is 467 Å². The topological polar surface area (TPSA) is 390 Å². The molecule has 6 heterocycles. The number of amides is 7. The average Bonchev–Trinajstić information content (AvgIpc) is 4.23. The molecule has 0 saturated carbocycles. The van der Waals surface area contributed by atoms with Crippen molar-refractivity contribution in [3.63, 3.8) is 0 Å². The zero-order valence-electron chi connectivity index (χ0n) is 43.7. The molecule has 0 spiro atoms. The number of H-pyrrole nitrogens is 2. The summed E-state index contributed by atoms with van der Waals surface area (Å²) in [5, 5.41) is 52.9. The summed E-state index contributed by atoms with van der Waals surface area (Å²) in [6.07, 6.45) is 5.57. The number of aromatic nitrogens is 10. The van der Waals surface area contributed by atoms with Crippen molar-refractivity contribution >= 4 is 114 Å². The molecule has 7 amide bonds. The van der Waals surface area contributed by atoms with Crippen LogP contribution in [0.5, 0.6) is 5.88 Å². The molecule has 79 heavy (non-hydrogen) atoms. The normalized spacial score (nSPS) is 11.0. The van der Waals surface area contributed by atoms with Gasteiger partial charge in [-0.05, 0) is 48.9 Å². The van der Waals surface area contributed by atoms with Gasteiger partial charge in [0.05, 0.1) is 85.0 Å². The van der Waals surface area contributed by atoms with Crippen LogP contribution in [0.2, 0.25) is 15.2 Å². The van der Waals surface area contributed by atoms with E-state index in [2.05, 4.69) is 97.4 Å². The standard InChI is InChI=1S/C20H21ClN8O2.C16H12Cl2N6.2C4H10N2O2.C4H9NO3/c1-11(28-18-16-17(25-9-24-16)26-10-27-18)14-8-12-4-3-5-13(21)15(12)19(29-14)31-7-6-23-20(30)22-2;1-8(23-16-13-15(20-6-19-13)21-7-22-16)11-5-9-3-2-4-10(17)12(9)14(18)24-11;2*1-5-4(8)6-2-3-7;1-8-4(7)5-2-3-6/h3-5,8-11H,6-7H2,1-2H3,(H2,22,23,30)(H2,24,25,26,27,28);2-8H,1H3,(H2,19,20,21,22,23);2*7H,2-3H2,1H3,(H2,5,6,8);6H,2-3H2,1H3,(H,5,7)/t11-;8-;;;/m00.../s1. The van der Waals surface area contributed by atoms with E-state index in [0.717, 1.165) is 44.0 Å². The Bertz CT molecular complexity index is 3160. The number of benzene rings is 2. The van der Waals surface area contributed by atoms with E-state index < -0.39 is 6.09 Å². The molecule has 0 radical (unpaired) electrons. The molecule has 0 saturated heterocycles. The lowest BCUT2D eigenvalue weighted by Crippen LogP contribution is -2.35. The molecule has 0 unspecified atom stereocenters. The van der Waals surface area contributed by atoms with Crippen molar-refractivity contribution in [3.05, 3.63) is 100 Å². The molecule has 6 aromatic heterocycles. The highest BCUT2D eigenvalue weighted by molar-refractivity contribution is 6.41. The maximum atomic E-state index is 11.3. The van der Waals surface area contributed by atoms with Gasteiger partial charge in [0.1, 0.15) is 35.4 Å². The predicted octanol–water partition coefficient (Wildman–Crippen LogP) is 4.57. The number of alkyl carbamates (subject to hydrolysis) is 1. The molecule has 0 aliphatic rings. The molecule has 31 heteroatoms. The van der Waals surface area contributed by atoms with Crippen molar-refractivity contribution in [1.82, 2.24) is 87.1 Å². The van der Waals surface area contributed by atoms with Gasteiger partial charge in [0.2, 0.25) is 5.88 Å². The first-order valence-corrected chi connectivity index (χ1v) is 25.1. The highest BCUT2D eigenvalue weighted by atomic mass is 35.5. The Balaban J connectivity index is 0.000000245. The van der Waals surface area contributed by atoms with Gasteiger partial charge in [0, 0.05) is 46.2 Å². The summed E-state index contributed by atoms with van der Waals surface area (Å²) in [5.41, 5.74) is 4.19. The third kappa shape index (κ3) is 19.8. The van der Waals surface area contributed by atoms with Gasteiger partial charge in [-0.1, -0.05) is 59.1 Å². The van der Waals surface area contributed by atoms with E-state index in [1.807, 2.05) is 50.2 Å². The Hall–Kier alpha value is -8.41. The maximum absolute atomic E-state index is 11.3. The van der Waals surface area contributed by atoms with Gasteiger partial charge in [-0.2, -0.15) is 0 Å². The van der Waals surface area contributed by atoms with Crippen molar-refractivity contribution in [2.45, 2.75) is 25.9 Å². The van der Waals surface area contributed by atoms with Gasteiger partial charge in [-0.25, -0.2) is 59.0 Å². The highest BCUT2D eigenvalue weighted by Crippen LogP contribution is 2.34. The first-order valence-electron chi connectivity index (χ1n) is 23.9. The Morgan fingerprint density at radius 2 is 1.04 bits per heavy atom. The number of imidazole rings is 2. The summed E-state index contributed by atoms with van der Waals surface area (Å²) in [6.45, 7) is 5.28. The summed E-state index contributed by atoms with van der Waals surface area (Å²) in [4.78, 5) is 82.3. The second-order valence-electron chi connectivity index (χ2n) is 15.7. The third-order valence-electron chi connectivity index (χ3n) is 10.3. The molecule has 8 aromatic rings. The second kappa shape index (κ2) is 33.7. The van der Waals surface area contributed by atoms with Gasteiger partial charge in [-0.3, -0.25) is 0 Å². The van der Waals surface area contributed by atoms with Crippen molar-refractivity contribution in [3.8, 4) is 5.88 Å². The van der Waals surface area contributed by atoms with E-state index in [1.165, 1.54) is 33.9 Å². The van der Waals surface area contributed by atoms with Crippen LogP contribution in [0.4, 0.5) is 30.8 Å². The molecule has 8 rings (SSSR count). The number of methoxy groups -OCH3 is 1. The Morgan fingerprint density at radius 3 is 1.51 bits per heavy atom. The van der Waals surface area contributed by atoms with Gasteiger partial charge in [-0.15, -0.1) is 0 Å². The van der Waals surface area contributed by atoms with Crippen LogP contribution in [-0.4, -0.2) is 170 Å². The molecular formula is C48H62Cl3N19O9. The molecule has 0 fully saturated rings. The number of nitrogens with zero attached hydrogens (tertiary/aromatic N) is 8. The van der Waals surface area contributed by atoms with Crippen molar-refractivity contribution < 1.29 is 44.0 Å². The van der Waals surface area contributed by atoms with Crippen LogP contribution in [0.15, 0.2) is 73.8 Å². The molecule has 0 aliphatic carbocycles. The van der Waals surface area contributed by atoms with E-state index in [-0.39, 0.29) is 63.1 Å². The fourth-order valence-electron chi connectivity index (χ4n) is 6.49. The van der Waals surface area contributed by atoms with Crippen LogP contribution in [0.1, 0.15) is 37.3 Å². The number of carbonyl (C=O) groups excluding carboxylic acids is 4. The minimum Gasteiger partial charge on any atom is -0.475 e. The molecule has 14 N–H and O–H groups in total. The van der Waals surface area contributed by atoms with Crippen LogP contribution in [0, 0.1) is 0 Å². The van der Waals surface area contributed by atoms with Crippen LogP contribution in [0.25, 0.3) is 43.9 Å². The molecule has 28 nitrogen and oxygen atoms in total. The van der Waals surface area contributed by atoms with E-state index in [1.54, 1.807) is 31.8 Å². The lowest BCUT2D eigenvalue weighted by Gasteiger charge is -2.17. The lowest BCUT2D eigenvalue weighted by molar-refractivity contribution is 0.167. The number of aromatic amines is 2. The van der Waals surface area contributed by atoms with Gasteiger partial charge >= 0.3 is 24.2 Å². The van der Waals surface area contributed by atoms with Gasteiger partial charge in [0.15, 0.2) is 22.9 Å². The molecule has 2 atom stereocenters. The number of anilines is 2. The monoisotopic (exact) mass is 1150 g/mol. The Kier molecular flexibility index (Phi) is 26.9. The van der Waals surface area contributed by atoms with Crippen LogP contribution >= 0.6 is 34.8 Å². The lowest BCUT2D eigenvalue weighted by atomic mass is 10.1. The Morgan fingerprint density at radius 1 is 0.595 bits per heavy atom. The first-order chi connectivity index (χ1) is 38.1. The van der Waals surface area contributed by atoms with Crippen LogP contribution < -0.4 is 52.6 Å². The second-order valence-corrected chi connectivity index (χ2v) is 16.9. The van der Waals surface area contributed by atoms with E-state index in [0.29, 0.717) is 63.6 Å². The quantitative estimate of drug-likeness (QED) is 0.0465. The highest BCUT2D eigenvalue weighted by Gasteiger charge is 2.18. The van der Waals surface area contributed by atoms with Crippen molar-refractivity contribution in [2.24, 2.45) is 0 Å². The molecule has 2 aromatic carbocycles. The SMILES string of the molecule is CNC(=O)NCCO.CNC(=O)NCCO.CNC(=O)NCCOc1nc([C@H](C)Nc2ncnc3nc[nH]c23)cc2cccc(Cl)c12.COC(=O)NCCO.C[C@H](Nc1ncnc2nc[nH]c12)c1cc2cccc(Cl)c2c(Cl)n1. The third-order valence-corrected chi connectivity index (χ3v) is 11.2. The van der Waals surface area contributed by atoms with Crippen molar-refractivity contribution in [1.29, 1.82) is 0 Å². The summed E-state index contributed by atoms with van der Waals surface area (Å²) >= 11 is 19.0. The number of aliphatic hydroxyl groups excluding tert-OH is 3. The van der Waals surface area contributed by atoms with E-state index in [9.17, 15) is 19.2 Å². The van der Waals surface area contributed by atoms with E-state index >= 15 is 0 Å². The number of nitrogens with one attached hydrogen (secondary N) is 11. The fraction of sp³-hybridized carbons (Fsp3) is 0.333. The van der Waals surface area contributed by atoms with Crippen molar-refractivity contribution in [2.75, 3.05) is 91.5 Å². The average molecular weight is 1160 g/mol. The number of carbonyl (C=O) groups is 4. The first kappa shape index (κ1) is 63.1. The number of hydrogen-bond donors (Lipinski definition) is 14. The molecule has 0 bridgehead atoms. The maximum Gasteiger partial charge on any atom is 0.406 e. The predicted molar refractivity (Wildman–Crippen MR) is 300 cm³/mol. The summed E-state index contributed by atoms with van der Waals surface area (Å²) in [5.74, 6) is 1.69.